The van der Waals surface area contributed by atoms with Gasteiger partial charge in [-0.05, 0) is 55.2 Å². The SMILES string of the molecule is COC(=O)N[C@H](C(=O)N1CCC[C@@H](CC(C)C)[C@H]1c1nc2ccc(C#Cc3ccc(-c4cnc([C@H]5N(C(=O)I(NC(=O)OC)C(C)C)[C@@H]6CC[C@@]5(O)C6)[nH]4)cc3)cc2[nH]1)C(C)C. The smallest absolute Gasteiger partial charge is 0.0668 e. The van der Waals surface area contributed by atoms with Crippen LogP contribution in [0.25, 0.3) is 22.3 Å². The number of hydrogen-bond acceptors (Lipinski definition) is 9. The van der Waals surface area contributed by atoms with Gasteiger partial charge >= 0.3 is 201 Å². The van der Waals surface area contributed by atoms with E-state index in [9.17, 15) is 24.3 Å². The predicted molar refractivity (Wildman–Crippen MR) is 244 cm³/mol. The summed E-state index contributed by atoms with van der Waals surface area (Å²) in [6, 6.07) is 11.9. The van der Waals surface area contributed by atoms with E-state index in [1.54, 1.807) is 11.1 Å². The molecule has 7 rings (SSSR count). The Morgan fingerprint density at radius 3 is 2.34 bits per heavy atom. The van der Waals surface area contributed by atoms with E-state index < -0.39 is 50.0 Å². The second-order valence-electron chi connectivity index (χ2n) is 17.7. The molecule has 2 aromatic heterocycles. The number of aliphatic hydroxyl groups is 1. The van der Waals surface area contributed by atoms with Crippen molar-refractivity contribution in [1.29, 1.82) is 0 Å². The summed E-state index contributed by atoms with van der Waals surface area (Å²) in [6.07, 6.45) is 5.00. The van der Waals surface area contributed by atoms with Crippen LogP contribution in [-0.2, 0) is 14.3 Å². The van der Waals surface area contributed by atoms with Crippen molar-refractivity contribution in [3.05, 3.63) is 71.4 Å². The number of aromatic nitrogens is 4. The van der Waals surface area contributed by atoms with E-state index in [1.807, 2.05) is 75.1 Å². The number of nitrogens with one attached hydrogen (secondary N) is 4. The molecule has 4 heterocycles. The Morgan fingerprint density at radius 1 is 0.952 bits per heavy atom. The molecule has 15 nitrogen and oxygen atoms in total. The number of rotatable bonds is 11. The Kier molecular flexibility index (Phi) is 13.5. The number of alkyl halides is 1. The summed E-state index contributed by atoms with van der Waals surface area (Å²) in [5, 5.41) is 14.5. The van der Waals surface area contributed by atoms with Crippen LogP contribution in [-0.4, -0.2) is 99.2 Å². The standard InChI is InChI=1S/C46H59IN8O7/c1-26(2)22-32-10-9-21-54(42(56)37(27(3)4)52-44(58)61-7)38(32)40-49-34-18-15-30(23-35(34)50-40)12-11-29-13-16-31(17-14-29)36-25-48-41(51-36)39-46(60)20-19-33(24-46)55(39)43(57)47(28(5)6)53-45(59)62-8/h13-18,23,25-28,32-33,37-39,60H,9-10,19-22,24H2,1-8H3,(H,48,51)(H,49,50)(H,52,58)(H,53,59)/t32-,33+,37-,38-,39+,46+/m0/s1. The largest absolute Gasteiger partial charge is 0.340 e. The fraction of sp³-hybridized carbons (Fsp3) is 0.522. The number of nitrogens with zero attached hydrogens (tertiary/aromatic N) is 4. The van der Waals surface area contributed by atoms with Crippen LogP contribution in [0.3, 0.4) is 0 Å². The van der Waals surface area contributed by atoms with Crippen molar-refractivity contribution in [3.63, 3.8) is 0 Å². The summed E-state index contributed by atoms with van der Waals surface area (Å²) < 4.78 is 12.4. The number of hydrogen-bond donors (Lipinski definition) is 5. The van der Waals surface area contributed by atoms with Crippen LogP contribution in [0.2, 0.25) is 0 Å². The number of carbonyl (C=O) groups is 4. The number of imidazole rings is 2. The number of H-pyrrole nitrogens is 2. The minimum absolute atomic E-state index is 0.0445. The first-order valence-electron chi connectivity index (χ1n) is 21.5. The minimum Gasteiger partial charge on any atom is -0.340 e. The topological polar surface area (TPSA) is 195 Å². The van der Waals surface area contributed by atoms with Gasteiger partial charge in [0.2, 0.25) is 5.91 Å². The Bertz CT molecular complexity index is 2350. The molecule has 332 valence electrons. The molecular formula is C46H59IN8O7. The number of likely N-dealkylation sites (tertiary alicyclic amines) is 2. The number of alkyl carbamates (subject to hydrolysis) is 1. The number of fused-ring (bicyclic) bond motifs is 3. The molecule has 0 radical (unpaired) electrons. The van der Waals surface area contributed by atoms with Crippen LogP contribution in [0.1, 0.15) is 115 Å². The van der Waals surface area contributed by atoms with Crippen LogP contribution in [0.15, 0.2) is 48.7 Å². The number of benzene rings is 2. The molecule has 62 heavy (non-hydrogen) atoms. The Labute approximate surface area is 370 Å². The molecule has 4 amide bonds. The molecule has 6 atom stereocenters. The summed E-state index contributed by atoms with van der Waals surface area (Å²) in [6.45, 7) is 12.7. The maximum absolute atomic E-state index is 14.2. The number of carbonyl (C=O) groups excluding carboxylic acids is 4. The number of methoxy groups -OCH3 is 2. The molecule has 2 saturated heterocycles. The predicted octanol–water partition coefficient (Wildman–Crippen LogP) is 8.01. The third-order valence-corrected chi connectivity index (χ3v) is 17.3. The van der Waals surface area contributed by atoms with Crippen molar-refractivity contribution in [1.82, 2.24) is 38.6 Å². The number of aromatic amines is 2. The summed E-state index contributed by atoms with van der Waals surface area (Å²) >= 11 is -2.74. The third-order valence-electron chi connectivity index (χ3n) is 12.2. The number of halogens is 1. The van der Waals surface area contributed by atoms with Crippen LogP contribution >= 0.6 is 20.1 Å². The number of amides is 4. The summed E-state index contributed by atoms with van der Waals surface area (Å²) in [4.78, 5) is 72.9. The van der Waals surface area contributed by atoms with Gasteiger partial charge in [0.1, 0.15) is 11.9 Å². The van der Waals surface area contributed by atoms with Gasteiger partial charge in [-0.3, -0.25) is 4.79 Å². The molecule has 2 aliphatic heterocycles. The van der Waals surface area contributed by atoms with Gasteiger partial charge in [0, 0.05) is 12.1 Å². The van der Waals surface area contributed by atoms with Crippen molar-refractivity contribution in [2.24, 2.45) is 17.8 Å². The fourth-order valence-electron chi connectivity index (χ4n) is 9.35. The van der Waals surface area contributed by atoms with Gasteiger partial charge in [0.05, 0.1) is 24.2 Å². The minimum atomic E-state index is -2.74. The maximum Gasteiger partial charge on any atom is 0.0668 e. The van der Waals surface area contributed by atoms with Gasteiger partial charge in [-0.25, -0.2) is 9.78 Å². The molecule has 1 saturated carbocycles. The zero-order valence-corrected chi connectivity index (χ0v) is 38.9. The van der Waals surface area contributed by atoms with E-state index in [4.69, 9.17) is 14.5 Å². The first kappa shape index (κ1) is 44.9. The maximum atomic E-state index is 14.2. The first-order valence-corrected chi connectivity index (χ1v) is 24.9. The monoisotopic (exact) mass is 962 g/mol. The molecule has 0 unspecified atom stereocenters. The second kappa shape index (κ2) is 18.7. The van der Waals surface area contributed by atoms with Crippen LogP contribution < -0.4 is 8.85 Å². The molecule has 3 aliphatic rings. The van der Waals surface area contributed by atoms with E-state index >= 15 is 0 Å². The molecule has 2 aromatic carbocycles. The van der Waals surface area contributed by atoms with E-state index in [2.05, 4.69) is 49.5 Å². The quantitative estimate of drug-likeness (QED) is 0.0247. The van der Waals surface area contributed by atoms with Gasteiger partial charge in [0.25, 0.3) is 0 Å². The average Bonchev–Trinajstić information content (AvgIpc) is 4.05. The third kappa shape index (κ3) is 9.29. The van der Waals surface area contributed by atoms with Crippen molar-refractivity contribution in [2.75, 3.05) is 20.8 Å². The second-order valence-corrected chi connectivity index (χ2v) is 23.4. The first-order chi connectivity index (χ1) is 29.6. The van der Waals surface area contributed by atoms with Crippen molar-refractivity contribution >= 4 is 53.1 Å². The number of ether oxygens (including phenoxy) is 2. The van der Waals surface area contributed by atoms with Crippen molar-refractivity contribution in [2.45, 2.75) is 114 Å². The van der Waals surface area contributed by atoms with Crippen LogP contribution in [0.4, 0.5) is 14.4 Å². The van der Waals surface area contributed by atoms with Gasteiger partial charge in [-0.1, -0.05) is 27.7 Å². The zero-order valence-electron chi connectivity index (χ0n) is 36.8. The van der Waals surface area contributed by atoms with Gasteiger partial charge in [0.15, 0.2) is 0 Å². The van der Waals surface area contributed by atoms with Gasteiger partial charge < -0.3 is 19.9 Å². The molecule has 16 heteroatoms. The fourth-order valence-corrected chi connectivity index (χ4v) is 13.2. The van der Waals surface area contributed by atoms with Crippen LogP contribution in [0.5, 0.6) is 0 Å². The molecule has 2 bridgehead atoms. The zero-order chi connectivity index (χ0) is 44.5. The number of piperidine rings is 2. The molecule has 3 fully saturated rings. The Morgan fingerprint density at radius 2 is 1.66 bits per heavy atom. The van der Waals surface area contributed by atoms with E-state index in [-0.39, 0.29) is 37.7 Å². The molecular weight excluding hydrogens is 903 g/mol. The summed E-state index contributed by atoms with van der Waals surface area (Å²) in [7, 11) is 2.59. The van der Waals surface area contributed by atoms with Gasteiger partial charge in [-0.15, -0.1) is 0 Å². The van der Waals surface area contributed by atoms with Crippen molar-refractivity contribution < 1.29 is 33.8 Å². The van der Waals surface area contributed by atoms with E-state index in [1.165, 1.54) is 14.2 Å². The van der Waals surface area contributed by atoms with Crippen LogP contribution in [0, 0.1) is 29.6 Å². The summed E-state index contributed by atoms with van der Waals surface area (Å²) in [5.74, 6) is 8.16. The molecule has 0 spiro atoms. The molecule has 4 aromatic rings. The molecule has 1 aliphatic carbocycles. The van der Waals surface area contributed by atoms with E-state index in [0.29, 0.717) is 37.5 Å². The summed E-state index contributed by atoms with van der Waals surface area (Å²) in [5.41, 5.74) is 3.76. The molecule has 5 N–H and O–H groups in total. The van der Waals surface area contributed by atoms with Crippen molar-refractivity contribution in [3.8, 4) is 23.1 Å². The average molecular weight is 963 g/mol. The Hall–Kier alpha value is -5.15. The van der Waals surface area contributed by atoms with Gasteiger partial charge in [-0.2, -0.15) is 0 Å². The normalized spacial score (nSPS) is 22.7. The Balaban J connectivity index is 1.09. The van der Waals surface area contributed by atoms with E-state index in [0.717, 1.165) is 58.5 Å².